The highest BCUT2D eigenvalue weighted by atomic mass is 32.1. The van der Waals surface area contributed by atoms with Gasteiger partial charge in [-0.05, 0) is 43.6 Å². The molecule has 0 amide bonds. The van der Waals surface area contributed by atoms with Gasteiger partial charge in [-0.15, -0.1) is 11.3 Å². The molecule has 30 heavy (non-hydrogen) atoms. The van der Waals surface area contributed by atoms with Crippen LogP contribution in [-0.4, -0.2) is 44.2 Å². The Labute approximate surface area is 181 Å². The molecule has 1 aliphatic rings. The molecule has 2 atom stereocenters. The summed E-state index contributed by atoms with van der Waals surface area (Å²) in [5.74, 6) is 1.81. The molecule has 7 nitrogen and oxygen atoms in total. The summed E-state index contributed by atoms with van der Waals surface area (Å²) in [5.41, 5.74) is 2.86. The van der Waals surface area contributed by atoms with Crippen LogP contribution in [0.1, 0.15) is 45.7 Å². The molecule has 1 aliphatic carbocycles. The fourth-order valence-corrected chi connectivity index (χ4v) is 4.84. The molecule has 3 aromatic rings. The zero-order valence-corrected chi connectivity index (χ0v) is 18.9. The van der Waals surface area contributed by atoms with E-state index in [9.17, 15) is 5.11 Å². The van der Waals surface area contributed by atoms with Gasteiger partial charge in [0.05, 0.1) is 22.2 Å². The fourth-order valence-electron chi connectivity index (χ4n) is 3.81. The van der Waals surface area contributed by atoms with Crippen LogP contribution in [0.25, 0.3) is 20.8 Å². The summed E-state index contributed by atoms with van der Waals surface area (Å²) in [6.07, 6.45) is 6.60. The highest BCUT2D eigenvalue weighted by molar-refractivity contribution is 7.21. The van der Waals surface area contributed by atoms with E-state index in [1.807, 2.05) is 13.0 Å². The quantitative estimate of drug-likeness (QED) is 0.534. The molecule has 0 aliphatic heterocycles. The maximum absolute atomic E-state index is 9.52. The normalized spacial score (nSPS) is 19.4. The first kappa shape index (κ1) is 20.9. The standard InChI is InChI=1S/C22H30N6OS/c1-13-18(20-27-16-10-23-8-7-17(16)30-20)19(26-15-6-5-14(9-15)11-29)28-21(25-13)24-12-22(2,3)4/h7-8,10,14-15,29H,5-6,9,11-12H2,1-4H3,(H2,24,25,26,28)/t14-,15+/m1/s1. The first-order chi connectivity index (χ1) is 14.3. The Hall–Kier alpha value is -2.32. The third-order valence-electron chi connectivity index (χ3n) is 5.41. The summed E-state index contributed by atoms with van der Waals surface area (Å²) in [6.45, 7) is 9.60. The molecule has 4 rings (SSSR count). The smallest absolute Gasteiger partial charge is 0.224 e. The Morgan fingerprint density at radius 3 is 2.73 bits per heavy atom. The van der Waals surface area contributed by atoms with Crippen molar-refractivity contribution in [1.29, 1.82) is 0 Å². The van der Waals surface area contributed by atoms with Gasteiger partial charge in [-0.1, -0.05) is 20.8 Å². The van der Waals surface area contributed by atoms with Crippen molar-refractivity contribution in [1.82, 2.24) is 19.9 Å². The minimum absolute atomic E-state index is 0.128. The number of thiazole rings is 1. The number of aliphatic hydroxyl groups excluding tert-OH is 1. The van der Waals surface area contributed by atoms with Crippen molar-refractivity contribution in [2.24, 2.45) is 11.3 Å². The zero-order chi connectivity index (χ0) is 21.3. The minimum atomic E-state index is 0.128. The van der Waals surface area contributed by atoms with Gasteiger partial charge >= 0.3 is 0 Å². The number of aliphatic hydroxyl groups is 1. The number of hydrogen-bond donors (Lipinski definition) is 3. The average molecular weight is 427 g/mol. The van der Waals surface area contributed by atoms with Crippen molar-refractivity contribution in [2.75, 3.05) is 23.8 Å². The molecular formula is C22H30N6OS. The average Bonchev–Trinajstić information content (AvgIpc) is 3.32. The fraction of sp³-hybridized carbons (Fsp3) is 0.545. The lowest BCUT2D eigenvalue weighted by Crippen LogP contribution is -2.22. The third kappa shape index (κ3) is 4.70. The molecular weight excluding hydrogens is 396 g/mol. The van der Waals surface area contributed by atoms with Crippen molar-refractivity contribution in [3.05, 3.63) is 24.2 Å². The third-order valence-corrected chi connectivity index (χ3v) is 6.46. The number of aromatic nitrogens is 4. The topological polar surface area (TPSA) is 95.9 Å². The largest absolute Gasteiger partial charge is 0.396 e. The Morgan fingerprint density at radius 2 is 2.03 bits per heavy atom. The second-order valence-corrected chi connectivity index (χ2v) is 10.4. The molecule has 8 heteroatoms. The van der Waals surface area contributed by atoms with E-state index in [0.29, 0.717) is 17.9 Å². The first-order valence-corrected chi connectivity index (χ1v) is 11.3. The summed E-state index contributed by atoms with van der Waals surface area (Å²) in [6, 6.07) is 2.28. The van der Waals surface area contributed by atoms with Gasteiger partial charge in [0.2, 0.25) is 5.95 Å². The van der Waals surface area contributed by atoms with Crippen LogP contribution >= 0.6 is 11.3 Å². The van der Waals surface area contributed by atoms with Gasteiger partial charge in [0, 0.05) is 25.4 Å². The molecule has 1 fully saturated rings. The maximum atomic E-state index is 9.52. The van der Waals surface area contributed by atoms with E-state index in [-0.39, 0.29) is 12.0 Å². The van der Waals surface area contributed by atoms with Crippen LogP contribution in [0.5, 0.6) is 0 Å². The molecule has 1 saturated carbocycles. The first-order valence-electron chi connectivity index (χ1n) is 10.5. The van der Waals surface area contributed by atoms with Crippen molar-refractivity contribution < 1.29 is 5.11 Å². The van der Waals surface area contributed by atoms with Gasteiger partial charge in [0.25, 0.3) is 0 Å². The van der Waals surface area contributed by atoms with E-state index in [0.717, 1.165) is 58.1 Å². The lowest BCUT2D eigenvalue weighted by molar-refractivity contribution is 0.229. The van der Waals surface area contributed by atoms with Gasteiger partial charge in [0.1, 0.15) is 16.3 Å². The van der Waals surface area contributed by atoms with Gasteiger partial charge in [-0.2, -0.15) is 4.98 Å². The van der Waals surface area contributed by atoms with Crippen LogP contribution in [0.3, 0.4) is 0 Å². The Morgan fingerprint density at radius 1 is 1.20 bits per heavy atom. The maximum Gasteiger partial charge on any atom is 0.224 e. The van der Waals surface area contributed by atoms with Crippen LogP contribution < -0.4 is 10.6 Å². The highest BCUT2D eigenvalue weighted by Crippen LogP contribution is 2.37. The molecule has 3 aromatic heterocycles. The van der Waals surface area contributed by atoms with E-state index in [2.05, 4.69) is 36.4 Å². The van der Waals surface area contributed by atoms with Crippen molar-refractivity contribution in [3.63, 3.8) is 0 Å². The molecule has 0 unspecified atom stereocenters. The number of fused-ring (bicyclic) bond motifs is 1. The van der Waals surface area contributed by atoms with E-state index in [1.165, 1.54) is 0 Å². The predicted octanol–water partition coefficient (Wildman–Crippen LogP) is 4.49. The zero-order valence-electron chi connectivity index (χ0n) is 18.1. The molecule has 3 N–H and O–H groups in total. The van der Waals surface area contributed by atoms with Gasteiger partial charge in [-0.25, -0.2) is 9.97 Å². The second-order valence-electron chi connectivity index (χ2n) is 9.34. The van der Waals surface area contributed by atoms with Crippen molar-refractivity contribution in [2.45, 2.75) is 53.0 Å². The Balaban J connectivity index is 1.71. The summed E-state index contributed by atoms with van der Waals surface area (Å²) < 4.78 is 1.10. The monoisotopic (exact) mass is 426 g/mol. The Bertz CT molecular complexity index is 995. The lowest BCUT2D eigenvalue weighted by Gasteiger charge is -2.21. The molecule has 0 spiro atoms. The van der Waals surface area contributed by atoms with Crippen molar-refractivity contribution in [3.8, 4) is 10.6 Å². The van der Waals surface area contributed by atoms with Gasteiger partial charge < -0.3 is 15.7 Å². The summed E-state index contributed by atoms with van der Waals surface area (Å²) >= 11 is 1.63. The number of aryl methyl sites for hydroxylation is 1. The van der Waals surface area contributed by atoms with E-state index in [1.54, 1.807) is 23.7 Å². The van der Waals surface area contributed by atoms with E-state index in [4.69, 9.17) is 15.0 Å². The highest BCUT2D eigenvalue weighted by Gasteiger charge is 2.27. The lowest BCUT2D eigenvalue weighted by atomic mass is 9.97. The minimum Gasteiger partial charge on any atom is -0.396 e. The second kappa shape index (κ2) is 8.43. The number of nitrogens with zero attached hydrogens (tertiary/aromatic N) is 4. The van der Waals surface area contributed by atoms with Crippen LogP contribution in [0, 0.1) is 18.3 Å². The van der Waals surface area contributed by atoms with Gasteiger partial charge in [-0.3, -0.25) is 4.98 Å². The van der Waals surface area contributed by atoms with Gasteiger partial charge in [0.15, 0.2) is 0 Å². The summed E-state index contributed by atoms with van der Waals surface area (Å²) in [7, 11) is 0. The van der Waals surface area contributed by atoms with Crippen LogP contribution in [-0.2, 0) is 0 Å². The number of nitrogens with one attached hydrogen (secondary N) is 2. The van der Waals surface area contributed by atoms with Crippen LogP contribution in [0.2, 0.25) is 0 Å². The SMILES string of the molecule is Cc1nc(NCC(C)(C)C)nc(N[C@H]2CC[C@@H](CO)C2)c1-c1nc2cnccc2s1. The van der Waals surface area contributed by atoms with Crippen LogP contribution in [0.4, 0.5) is 11.8 Å². The molecule has 0 bridgehead atoms. The number of hydrogen-bond acceptors (Lipinski definition) is 8. The Kier molecular flexibility index (Phi) is 5.88. The van der Waals surface area contributed by atoms with E-state index < -0.39 is 0 Å². The molecule has 0 radical (unpaired) electrons. The number of rotatable bonds is 6. The predicted molar refractivity (Wildman–Crippen MR) is 123 cm³/mol. The molecule has 160 valence electrons. The molecule has 0 aromatic carbocycles. The van der Waals surface area contributed by atoms with Crippen molar-refractivity contribution >= 4 is 33.3 Å². The molecule has 3 heterocycles. The molecule has 0 saturated heterocycles. The van der Waals surface area contributed by atoms with E-state index >= 15 is 0 Å². The number of anilines is 2. The summed E-state index contributed by atoms with van der Waals surface area (Å²) in [4.78, 5) is 18.6. The summed E-state index contributed by atoms with van der Waals surface area (Å²) in [5, 5.41) is 17.5. The number of pyridine rings is 1. The van der Waals surface area contributed by atoms with Crippen LogP contribution in [0.15, 0.2) is 18.5 Å².